The van der Waals surface area contributed by atoms with Gasteiger partial charge in [-0.3, -0.25) is 4.68 Å². The SMILES string of the molecule is CC(C)n1ncc2c[c]ccc21. The second kappa shape index (κ2) is 2.63. The van der Waals surface area contributed by atoms with Crippen molar-refractivity contribution in [2.45, 2.75) is 19.9 Å². The smallest absolute Gasteiger partial charge is 0.0685 e. The van der Waals surface area contributed by atoms with Gasteiger partial charge < -0.3 is 0 Å². The van der Waals surface area contributed by atoms with Crippen LogP contribution in [-0.4, -0.2) is 9.78 Å². The Bertz CT molecular complexity index is 387. The van der Waals surface area contributed by atoms with Gasteiger partial charge >= 0.3 is 0 Å². The summed E-state index contributed by atoms with van der Waals surface area (Å²) in [4.78, 5) is 0. The fraction of sp³-hybridized carbons (Fsp3) is 0.300. The van der Waals surface area contributed by atoms with E-state index in [0.717, 1.165) is 5.39 Å². The van der Waals surface area contributed by atoms with E-state index < -0.39 is 0 Å². The van der Waals surface area contributed by atoms with Crippen LogP contribution in [0.3, 0.4) is 0 Å². The van der Waals surface area contributed by atoms with Gasteiger partial charge in [-0.2, -0.15) is 5.10 Å². The summed E-state index contributed by atoms with van der Waals surface area (Å²) in [5, 5.41) is 5.45. The Morgan fingerprint density at radius 1 is 1.50 bits per heavy atom. The molecule has 0 N–H and O–H groups in total. The van der Waals surface area contributed by atoms with Crippen molar-refractivity contribution >= 4 is 10.9 Å². The van der Waals surface area contributed by atoms with Gasteiger partial charge in [0, 0.05) is 11.4 Å². The van der Waals surface area contributed by atoms with Crippen LogP contribution >= 0.6 is 0 Å². The minimum atomic E-state index is 0.421. The molecule has 0 atom stereocenters. The quantitative estimate of drug-likeness (QED) is 0.624. The molecular weight excluding hydrogens is 148 g/mol. The highest BCUT2D eigenvalue weighted by Crippen LogP contribution is 2.15. The second-order valence-electron chi connectivity index (χ2n) is 3.17. The van der Waals surface area contributed by atoms with Crippen LogP contribution in [-0.2, 0) is 0 Å². The van der Waals surface area contributed by atoms with Gasteiger partial charge in [-0.05, 0) is 32.0 Å². The summed E-state index contributed by atoms with van der Waals surface area (Å²) in [6.45, 7) is 4.26. The summed E-state index contributed by atoms with van der Waals surface area (Å²) < 4.78 is 2.02. The summed E-state index contributed by atoms with van der Waals surface area (Å²) in [5.74, 6) is 0. The van der Waals surface area contributed by atoms with E-state index in [1.54, 1.807) is 0 Å². The normalized spacial score (nSPS) is 11.2. The third kappa shape index (κ3) is 0.998. The molecule has 0 aliphatic carbocycles. The zero-order valence-corrected chi connectivity index (χ0v) is 7.28. The predicted molar refractivity (Wildman–Crippen MR) is 49.0 cm³/mol. The Balaban J connectivity index is 2.70. The molecule has 0 aliphatic heterocycles. The molecule has 0 unspecified atom stereocenters. The summed E-state index contributed by atoms with van der Waals surface area (Å²) in [6.07, 6.45) is 1.88. The van der Waals surface area contributed by atoms with Crippen molar-refractivity contribution in [3.05, 3.63) is 30.5 Å². The molecular formula is C10H11N2. The van der Waals surface area contributed by atoms with Gasteiger partial charge in [0.25, 0.3) is 0 Å². The van der Waals surface area contributed by atoms with Crippen LogP contribution in [0.2, 0.25) is 0 Å². The number of rotatable bonds is 1. The van der Waals surface area contributed by atoms with Crippen LogP contribution in [0.5, 0.6) is 0 Å². The molecule has 1 radical (unpaired) electrons. The maximum atomic E-state index is 4.29. The van der Waals surface area contributed by atoms with Gasteiger partial charge in [0.1, 0.15) is 0 Å². The molecule has 2 aromatic rings. The lowest BCUT2D eigenvalue weighted by molar-refractivity contribution is 0.551. The standard InChI is InChI=1S/C10H11N2/c1-8(2)12-10-6-4-3-5-9(10)7-11-12/h4-8H,1-2H3. The van der Waals surface area contributed by atoms with Crippen molar-refractivity contribution in [2.75, 3.05) is 0 Å². The molecule has 0 aliphatic rings. The zero-order valence-electron chi connectivity index (χ0n) is 7.28. The number of benzene rings is 1. The van der Waals surface area contributed by atoms with Crippen molar-refractivity contribution in [1.29, 1.82) is 0 Å². The van der Waals surface area contributed by atoms with E-state index in [-0.39, 0.29) is 0 Å². The van der Waals surface area contributed by atoms with Crippen molar-refractivity contribution in [3.8, 4) is 0 Å². The molecule has 0 bridgehead atoms. The Morgan fingerprint density at radius 3 is 3.08 bits per heavy atom. The molecule has 61 valence electrons. The predicted octanol–water partition coefficient (Wildman–Crippen LogP) is 2.42. The van der Waals surface area contributed by atoms with Gasteiger partial charge in [-0.15, -0.1) is 0 Å². The minimum Gasteiger partial charge on any atom is -0.262 e. The van der Waals surface area contributed by atoms with E-state index in [1.165, 1.54) is 5.52 Å². The minimum absolute atomic E-state index is 0.421. The number of fused-ring (bicyclic) bond motifs is 1. The molecule has 2 nitrogen and oxygen atoms in total. The summed E-state index contributed by atoms with van der Waals surface area (Å²) in [5.41, 5.74) is 1.18. The van der Waals surface area contributed by atoms with Gasteiger partial charge in [-0.25, -0.2) is 0 Å². The van der Waals surface area contributed by atoms with Gasteiger partial charge in [0.05, 0.1) is 11.7 Å². The third-order valence-corrected chi connectivity index (χ3v) is 1.93. The lowest BCUT2D eigenvalue weighted by Gasteiger charge is -2.05. The van der Waals surface area contributed by atoms with Crippen LogP contribution in [0.1, 0.15) is 19.9 Å². The summed E-state index contributed by atoms with van der Waals surface area (Å²) in [7, 11) is 0. The number of hydrogen-bond donors (Lipinski definition) is 0. The average molecular weight is 159 g/mol. The number of nitrogens with zero attached hydrogens (tertiary/aromatic N) is 2. The lowest BCUT2D eigenvalue weighted by Crippen LogP contribution is -2.01. The van der Waals surface area contributed by atoms with E-state index in [2.05, 4.69) is 25.0 Å². The fourth-order valence-corrected chi connectivity index (χ4v) is 1.35. The first-order chi connectivity index (χ1) is 5.79. The lowest BCUT2D eigenvalue weighted by atomic mass is 10.2. The molecule has 12 heavy (non-hydrogen) atoms. The highest BCUT2D eigenvalue weighted by Gasteiger charge is 2.03. The molecule has 0 saturated carbocycles. The Labute approximate surface area is 71.8 Å². The third-order valence-electron chi connectivity index (χ3n) is 1.93. The van der Waals surface area contributed by atoms with E-state index in [1.807, 2.05) is 29.1 Å². The van der Waals surface area contributed by atoms with E-state index in [0.29, 0.717) is 6.04 Å². The molecule has 1 aromatic carbocycles. The highest BCUT2D eigenvalue weighted by molar-refractivity contribution is 5.78. The highest BCUT2D eigenvalue weighted by atomic mass is 15.3. The maximum absolute atomic E-state index is 4.29. The van der Waals surface area contributed by atoms with Crippen molar-refractivity contribution in [1.82, 2.24) is 9.78 Å². The molecule has 2 rings (SSSR count). The maximum Gasteiger partial charge on any atom is 0.0685 e. The van der Waals surface area contributed by atoms with Crippen LogP contribution in [0.25, 0.3) is 10.9 Å². The monoisotopic (exact) mass is 159 g/mol. The molecule has 0 fully saturated rings. The van der Waals surface area contributed by atoms with Crippen LogP contribution in [0, 0.1) is 6.07 Å². The van der Waals surface area contributed by atoms with E-state index in [9.17, 15) is 0 Å². The zero-order chi connectivity index (χ0) is 8.55. The summed E-state index contributed by atoms with van der Waals surface area (Å²) >= 11 is 0. The average Bonchev–Trinajstić information content (AvgIpc) is 2.47. The van der Waals surface area contributed by atoms with Gasteiger partial charge in [0.15, 0.2) is 0 Å². The van der Waals surface area contributed by atoms with Crippen LogP contribution < -0.4 is 0 Å². The van der Waals surface area contributed by atoms with E-state index in [4.69, 9.17) is 0 Å². The van der Waals surface area contributed by atoms with E-state index >= 15 is 0 Å². The molecule has 1 aromatic heterocycles. The topological polar surface area (TPSA) is 17.8 Å². The number of aromatic nitrogens is 2. The molecule has 1 heterocycles. The Kier molecular flexibility index (Phi) is 1.61. The van der Waals surface area contributed by atoms with Gasteiger partial charge in [-0.1, -0.05) is 6.07 Å². The van der Waals surface area contributed by atoms with Crippen molar-refractivity contribution in [3.63, 3.8) is 0 Å². The van der Waals surface area contributed by atoms with Crippen LogP contribution in [0.4, 0.5) is 0 Å². The Hall–Kier alpha value is -1.31. The Morgan fingerprint density at radius 2 is 2.33 bits per heavy atom. The van der Waals surface area contributed by atoms with Crippen molar-refractivity contribution in [2.24, 2.45) is 0 Å². The first kappa shape index (κ1) is 7.35. The van der Waals surface area contributed by atoms with Gasteiger partial charge in [0.2, 0.25) is 0 Å². The number of hydrogen-bond acceptors (Lipinski definition) is 1. The summed E-state index contributed by atoms with van der Waals surface area (Å²) in [6, 6.07) is 9.38. The largest absolute Gasteiger partial charge is 0.262 e. The van der Waals surface area contributed by atoms with Crippen molar-refractivity contribution < 1.29 is 0 Å². The molecule has 0 spiro atoms. The first-order valence-electron chi connectivity index (χ1n) is 4.12. The van der Waals surface area contributed by atoms with Crippen LogP contribution in [0.15, 0.2) is 24.4 Å². The first-order valence-corrected chi connectivity index (χ1v) is 4.12. The molecule has 0 amide bonds. The molecule has 2 heteroatoms. The molecule has 0 saturated heterocycles. The fourth-order valence-electron chi connectivity index (χ4n) is 1.35. The second-order valence-corrected chi connectivity index (χ2v) is 3.17.